The lowest BCUT2D eigenvalue weighted by Crippen LogP contribution is -2.21. The normalized spacial score (nSPS) is 15.9. The number of benzene rings is 1. The summed E-state index contributed by atoms with van der Waals surface area (Å²) in [5.41, 5.74) is 5.05. The SMILES string of the molecule is CC.CC(C)NP(=O)(Oc1ccc(C(C)(C)C)cc1[N+](=O)[O-])SP(N)(=O)O. The molecule has 0 amide bonds. The number of hydrogen-bond donors (Lipinski definition) is 3. The average molecular weight is 441 g/mol. The first-order valence-electron chi connectivity index (χ1n) is 8.32. The zero-order valence-corrected chi connectivity index (χ0v) is 19.2. The molecule has 12 heteroatoms. The molecule has 0 saturated carbocycles. The molecule has 1 aromatic rings. The van der Waals surface area contributed by atoms with E-state index in [1.54, 1.807) is 19.9 Å². The predicted molar refractivity (Wildman–Crippen MR) is 111 cm³/mol. The van der Waals surface area contributed by atoms with E-state index in [-0.39, 0.29) is 33.9 Å². The first kappa shape index (κ1) is 26.1. The van der Waals surface area contributed by atoms with Crippen molar-refractivity contribution in [3.63, 3.8) is 0 Å². The van der Waals surface area contributed by atoms with Gasteiger partial charge in [-0.1, -0.05) is 40.7 Å². The molecule has 2 atom stereocenters. The van der Waals surface area contributed by atoms with E-state index in [2.05, 4.69) is 5.09 Å². The fourth-order valence-electron chi connectivity index (χ4n) is 1.87. The number of nitro benzene ring substituents is 1. The fourth-order valence-corrected chi connectivity index (χ4v) is 8.89. The minimum atomic E-state index is -4.26. The monoisotopic (exact) mass is 441 g/mol. The topological polar surface area (TPSA) is 145 Å². The molecule has 1 rings (SSSR count). The van der Waals surface area contributed by atoms with Crippen LogP contribution < -0.4 is 15.1 Å². The second kappa shape index (κ2) is 10.0. The van der Waals surface area contributed by atoms with Crippen LogP contribution in [0.2, 0.25) is 0 Å². The number of hydrogen-bond acceptors (Lipinski definition) is 6. The van der Waals surface area contributed by atoms with Gasteiger partial charge in [0.05, 0.1) is 15.9 Å². The van der Waals surface area contributed by atoms with Crippen molar-refractivity contribution in [2.45, 2.75) is 59.9 Å². The highest BCUT2D eigenvalue weighted by atomic mass is 33.1. The minimum Gasteiger partial charge on any atom is -0.418 e. The van der Waals surface area contributed by atoms with Gasteiger partial charge in [0.1, 0.15) is 0 Å². The molecule has 9 nitrogen and oxygen atoms in total. The van der Waals surface area contributed by atoms with Crippen molar-refractivity contribution in [3.05, 3.63) is 33.9 Å². The summed E-state index contributed by atoms with van der Waals surface area (Å²) in [7, 11) is 0. The molecule has 0 aliphatic carbocycles. The van der Waals surface area contributed by atoms with Crippen LogP contribution in [0.15, 0.2) is 18.2 Å². The lowest BCUT2D eigenvalue weighted by molar-refractivity contribution is -0.385. The molecule has 156 valence electrons. The molecule has 0 aliphatic heterocycles. The highest BCUT2D eigenvalue weighted by Crippen LogP contribution is 2.71. The van der Waals surface area contributed by atoms with Crippen LogP contribution in [-0.2, 0) is 14.5 Å². The van der Waals surface area contributed by atoms with Gasteiger partial charge in [-0.15, -0.1) is 0 Å². The van der Waals surface area contributed by atoms with E-state index in [9.17, 15) is 24.1 Å². The van der Waals surface area contributed by atoms with Crippen LogP contribution >= 0.6 is 24.4 Å². The zero-order chi connectivity index (χ0) is 21.6. The molecule has 0 spiro atoms. The molecule has 0 aromatic heterocycles. The lowest BCUT2D eigenvalue weighted by atomic mass is 9.87. The van der Waals surface area contributed by atoms with Crippen LogP contribution in [-0.4, -0.2) is 15.9 Å². The highest BCUT2D eigenvalue weighted by Gasteiger charge is 2.37. The van der Waals surface area contributed by atoms with Gasteiger partial charge < -0.3 is 9.42 Å². The standard InChI is InChI=1S/C13H23N3O6P2S.C2H6/c1-9(2)15-24(21,25-23(14,19)20)22-12-7-6-10(13(3,4)5)8-11(12)16(17)18;1-2/h6-9H,1-5H3,(H,15,21)(H3,14,19,20);1-2H3. The van der Waals surface area contributed by atoms with E-state index in [0.29, 0.717) is 5.56 Å². The van der Waals surface area contributed by atoms with Crippen molar-refractivity contribution in [3.8, 4) is 5.75 Å². The molecule has 27 heavy (non-hydrogen) atoms. The van der Waals surface area contributed by atoms with Crippen molar-refractivity contribution in [2.24, 2.45) is 5.50 Å². The molecule has 0 fully saturated rings. The van der Waals surface area contributed by atoms with Crippen molar-refractivity contribution in [1.82, 2.24) is 5.09 Å². The molecular formula is C15H29N3O6P2S. The molecule has 0 saturated heterocycles. The van der Waals surface area contributed by atoms with Gasteiger partial charge in [-0.2, -0.15) is 0 Å². The Kier molecular flexibility index (Phi) is 9.72. The molecular weight excluding hydrogens is 412 g/mol. The van der Waals surface area contributed by atoms with E-state index in [4.69, 9.17) is 10.0 Å². The Labute approximate surface area is 164 Å². The van der Waals surface area contributed by atoms with Gasteiger partial charge in [-0.05, 0) is 30.9 Å². The Morgan fingerprint density at radius 1 is 1.30 bits per heavy atom. The van der Waals surface area contributed by atoms with Gasteiger partial charge in [0, 0.05) is 12.1 Å². The summed E-state index contributed by atoms with van der Waals surface area (Å²) in [4.78, 5) is 20.1. The van der Waals surface area contributed by atoms with Gasteiger partial charge >= 0.3 is 19.1 Å². The quantitative estimate of drug-likeness (QED) is 0.295. The van der Waals surface area contributed by atoms with Gasteiger partial charge in [0.25, 0.3) is 0 Å². The third kappa shape index (κ3) is 9.23. The Morgan fingerprint density at radius 3 is 2.19 bits per heavy atom. The summed E-state index contributed by atoms with van der Waals surface area (Å²) >= 11 is 0.0460. The van der Waals surface area contributed by atoms with Crippen LogP contribution in [0.25, 0.3) is 0 Å². The largest absolute Gasteiger partial charge is 0.418 e. The second-order valence-electron chi connectivity index (χ2n) is 6.71. The van der Waals surface area contributed by atoms with Crippen molar-refractivity contribution in [1.29, 1.82) is 0 Å². The Balaban J connectivity index is 0.00000326. The van der Waals surface area contributed by atoms with Crippen LogP contribution in [0.3, 0.4) is 0 Å². The van der Waals surface area contributed by atoms with Crippen LogP contribution in [0, 0.1) is 10.1 Å². The highest BCUT2D eigenvalue weighted by molar-refractivity contribution is 8.85. The Bertz CT molecular complexity index is 746. The first-order chi connectivity index (χ1) is 12.1. The maximum absolute atomic E-state index is 12.9. The van der Waals surface area contributed by atoms with Gasteiger partial charge in [-0.25, -0.2) is 9.65 Å². The number of nitrogens with one attached hydrogen (secondary N) is 1. The number of nitro groups is 1. The molecule has 1 aromatic carbocycles. The smallest absolute Gasteiger partial charge is 0.385 e. The Morgan fingerprint density at radius 2 is 1.81 bits per heavy atom. The summed E-state index contributed by atoms with van der Waals surface area (Å²) < 4.78 is 29.6. The average Bonchev–Trinajstić information content (AvgIpc) is 2.44. The van der Waals surface area contributed by atoms with E-state index in [1.807, 2.05) is 34.6 Å². The third-order valence-corrected chi connectivity index (χ3v) is 10.5. The maximum Gasteiger partial charge on any atom is 0.385 e. The summed E-state index contributed by atoms with van der Waals surface area (Å²) in [6.45, 7) is 4.69. The maximum atomic E-state index is 12.9. The van der Waals surface area contributed by atoms with Crippen molar-refractivity contribution in [2.75, 3.05) is 0 Å². The van der Waals surface area contributed by atoms with Crippen LogP contribution in [0.1, 0.15) is 54.0 Å². The van der Waals surface area contributed by atoms with Crippen LogP contribution in [0.5, 0.6) is 5.75 Å². The predicted octanol–water partition coefficient (Wildman–Crippen LogP) is 5.20. The molecule has 4 N–H and O–H groups in total. The molecule has 0 bridgehead atoms. The molecule has 0 heterocycles. The Hall–Kier alpha value is -0.890. The van der Waals surface area contributed by atoms with Crippen molar-refractivity contribution >= 4 is 30.1 Å². The van der Waals surface area contributed by atoms with E-state index in [1.165, 1.54) is 12.1 Å². The first-order valence-corrected chi connectivity index (χ1v) is 13.7. The summed E-state index contributed by atoms with van der Waals surface area (Å²) in [5.74, 6) is -0.268. The van der Waals surface area contributed by atoms with E-state index in [0.717, 1.165) is 0 Å². The molecule has 0 radical (unpaired) electrons. The van der Waals surface area contributed by atoms with Crippen LogP contribution in [0.4, 0.5) is 5.69 Å². The number of nitrogens with zero attached hydrogens (tertiary/aromatic N) is 1. The summed E-state index contributed by atoms with van der Waals surface area (Å²) in [6, 6.07) is 3.90. The van der Waals surface area contributed by atoms with Gasteiger partial charge in [0.15, 0.2) is 0 Å². The molecule has 2 unspecified atom stereocenters. The van der Waals surface area contributed by atoms with Gasteiger partial charge in [-0.3, -0.25) is 20.2 Å². The minimum absolute atomic E-state index is 0.0460. The zero-order valence-electron chi connectivity index (χ0n) is 16.6. The van der Waals surface area contributed by atoms with Gasteiger partial charge in [0.2, 0.25) is 5.75 Å². The lowest BCUT2D eigenvalue weighted by Gasteiger charge is -2.23. The van der Waals surface area contributed by atoms with Crippen molar-refractivity contribution < 1.29 is 23.5 Å². The van der Waals surface area contributed by atoms with E-state index >= 15 is 0 Å². The number of nitrogens with two attached hydrogens (primary N) is 1. The second-order valence-corrected chi connectivity index (χ2v) is 14.4. The summed E-state index contributed by atoms with van der Waals surface area (Å²) in [6.07, 6.45) is 0. The number of rotatable bonds is 7. The van der Waals surface area contributed by atoms with E-state index < -0.39 is 18.4 Å². The fraction of sp³-hybridized carbons (Fsp3) is 0.600. The molecule has 0 aliphatic rings. The summed E-state index contributed by atoms with van der Waals surface area (Å²) in [5, 5.41) is 13.9. The third-order valence-electron chi connectivity index (χ3n) is 2.88.